The maximum atomic E-state index is 13.0. The molecule has 0 saturated heterocycles. The van der Waals surface area contributed by atoms with Gasteiger partial charge in [0, 0.05) is 0 Å². The summed E-state index contributed by atoms with van der Waals surface area (Å²) in [6.45, 7) is 0. The van der Waals surface area contributed by atoms with Crippen LogP contribution in [0, 0.1) is 64.2 Å². The van der Waals surface area contributed by atoms with E-state index in [1.807, 2.05) is 64.2 Å². The van der Waals surface area contributed by atoms with Crippen LogP contribution in [0.15, 0.2) is 0 Å². The van der Waals surface area contributed by atoms with Crippen LogP contribution in [-0.2, 0) is 42.0 Å². The normalized spacial score (nSPS) is 17.7. The molecule has 43 heteroatoms. The van der Waals surface area contributed by atoms with Crippen LogP contribution in [0.5, 0.6) is 0 Å². The van der Waals surface area contributed by atoms with Gasteiger partial charge in [-0.2, -0.15) is 149 Å². The predicted octanol–water partition coefficient (Wildman–Crippen LogP) is 11.0. The molecule has 0 atom stereocenters. The molecule has 6 nitrogen and oxygen atoms in total. The van der Waals surface area contributed by atoms with Gasteiger partial charge in [-0.25, -0.2) is 16.8 Å². The van der Waals surface area contributed by atoms with Crippen molar-refractivity contribution in [2.75, 3.05) is 0 Å². The molecule has 0 N–H and O–H groups in total. The molecule has 10 radical (unpaired) electrons. The van der Waals surface area contributed by atoms with Crippen molar-refractivity contribution in [2.24, 2.45) is 0 Å². The average Bonchev–Trinajstić information content (AvgIpc) is 3.90. The first-order chi connectivity index (χ1) is 29.0. The van der Waals surface area contributed by atoms with Gasteiger partial charge < -0.3 is 9.11 Å². The van der Waals surface area contributed by atoms with E-state index in [0.717, 1.165) is 0 Å². The molecule has 402 valence electrons. The fraction of sp³-hybridized carbons (Fsp3) is 0.615. The number of hydrogen-bond acceptors (Lipinski definition) is 6. The second-order valence-electron chi connectivity index (χ2n) is 11.8. The Labute approximate surface area is 375 Å². The molecule has 69 heavy (non-hydrogen) atoms. The molecule has 0 amide bonds. The Kier molecular flexibility index (Phi) is 21.5. The quantitative estimate of drug-likeness (QED) is 0.0972. The zero-order valence-electron chi connectivity index (χ0n) is 30.4. The molecular weight excluding hydrogens is 1170 g/mol. The van der Waals surface area contributed by atoms with E-state index in [-0.39, 0.29) is 21.7 Å². The van der Waals surface area contributed by atoms with Crippen molar-refractivity contribution < 1.29 is 197 Å². The van der Waals surface area contributed by atoms with Gasteiger partial charge in [0.15, 0.2) is 20.2 Å². The summed E-state index contributed by atoms with van der Waals surface area (Å²) >= 11 is 0. The Bertz CT molecular complexity index is 1750. The first kappa shape index (κ1) is 71.4. The van der Waals surface area contributed by atoms with E-state index in [2.05, 4.69) is 0 Å². The second kappa shape index (κ2) is 20.8. The summed E-state index contributed by atoms with van der Waals surface area (Å²) in [7, 11) is -16.3. The van der Waals surface area contributed by atoms with Crippen molar-refractivity contribution in [1.82, 2.24) is 0 Å². The van der Waals surface area contributed by atoms with E-state index in [1.54, 1.807) is 0 Å². The van der Waals surface area contributed by atoms with Crippen LogP contribution in [0.1, 0.15) is 0 Å². The number of alkyl halides is 34. The van der Waals surface area contributed by atoms with E-state index in [1.165, 1.54) is 0 Å². The third-order valence-corrected chi connectivity index (χ3v) is 8.89. The number of hydrogen-bond donors (Lipinski definition) is 0. The fourth-order valence-electron chi connectivity index (χ4n) is 3.25. The van der Waals surface area contributed by atoms with Gasteiger partial charge in [-0.3, -0.25) is 0 Å². The van der Waals surface area contributed by atoms with Crippen molar-refractivity contribution in [2.45, 2.75) is 93.9 Å². The summed E-state index contributed by atoms with van der Waals surface area (Å²) < 4.78 is 488. The van der Waals surface area contributed by atoms with Gasteiger partial charge in [0.25, 0.3) is 0 Å². The van der Waals surface area contributed by atoms with E-state index < -0.39 is 114 Å². The van der Waals surface area contributed by atoms with Gasteiger partial charge in [-0.1, -0.05) is 0 Å². The topological polar surface area (TPSA) is 114 Å². The number of rotatable bonds is 14. The van der Waals surface area contributed by atoms with Crippen LogP contribution >= 0.6 is 0 Å². The standard InChI is InChI=1S/2C8HF17O3S.2C5H5.Ti/c2*9-1(10,3(13,14)5(17,18)7(21,22)23)2(11,12)4(15,16)6(19,20)8(24,25)29(26,27)28;2*1-2-4-5-3-1;/h2*(H,26,27,28);2*1-5H;/q;;;;+4/p-2. The molecule has 0 aromatic rings. The molecule has 2 aliphatic rings. The van der Waals surface area contributed by atoms with E-state index in [0.29, 0.717) is 0 Å². The zero-order chi connectivity index (χ0) is 56.1. The van der Waals surface area contributed by atoms with Gasteiger partial charge >= 0.3 is 116 Å². The van der Waals surface area contributed by atoms with Crippen LogP contribution in [-0.4, -0.2) is 120 Å². The third-order valence-electron chi connectivity index (χ3n) is 7.13. The summed E-state index contributed by atoms with van der Waals surface area (Å²) in [5.41, 5.74) is 0. The van der Waals surface area contributed by atoms with Crippen LogP contribution < -0.4 is 0 Å². The Morgan fingerprint density at radius 2 is 0.319 bits per heavy atom. The fourth-order valence-corrected chi connectivity index (χ4v) is 4.14. The third kappa shape index (κ3) is 11.8. The van der Waals surface area contributed by atoms with Crippen molar-refractivity contribution in [3.05, 3.63) is 64.2 Å². The van der Waals surface area contributed by atoms with Crippen LogP contribution in [0.25, 0.3) is 0 Å². The van der Waals surface area contributed by atoms with E-state index in [4.69, 9.17) is 0 Å². The van der Waals surface area contributed by atoms with Crippen LogP contribution in [0.4, 0.5) is 149 Å². The van der Waals surface area contributed by atoms with Crippen LogP contribution in [0.2, 0.25) is 0 Å². The van der Waals surface area contributed by atoms with Gasteiger partial charge in [0.1, 0.15) is 0 Å². The SMILES string of the molecule is O=S(=O)([O-])C(F)(F)C(F)(F)C(F)(F)C(F)(F)C(F)(F)C(F)(F)C(F)(F)C(F)(F)F.O=S(=O)([O-])C(F)(F)C(F)(F)C(F)(F)C(F)(F)C(F)(F)C(F)(F)C(F)(F)C(F)(F)F.[CH]1[CH][CH][CH][CH]1.[CH]1[CH][CH][CH][CH]1.[Ti+4]. The number of halogens is 34. The Balaban J connectivity index is -0.00000103. The van der Waals surface area contributed by atoms with E-state index >= 15 is 0 Å². The molecule has 0 unspecified atom stereocenters. The van der Waals surface area contributed by atoms with E-state index in [9.17, 15) is 175 Å². The Morgan fingerprint density at radius 1 is 0.217 bits per heavy atom. The molecule has 0 heterocycles. The molecule has 0 bridgehead atoms. The maximum Gasteiger partial charge on any atom is 4.00 e. The molecule has 2 saturated carbocycles. The first-order valence-electron chi connectivity index (χ1n) is 14.7. The summed E-state index contributed by atoms with van der Waals surface area (Å²) in [5.74, 6) is -104. The monoisotopic (exact) mass is 1180 g/mol. The molecule has 2 fully saturated rings. The molecule has 0 aromatic heterocycles. The molecule has 0 spiro atoms. The van der Waals surface area contributed by atoms with Gasteiger partial charge in [0.05, 0.1) is 0 Å². The van der Waals surface area contributed by atoms with Crippen molar-refractivity contribution in [1.29, 1.82) is 0 Å². The van der Waals surface area contributed by atoms with Gasteiger partial charge in [0.2, 0.25) is 0 Å². The van der Waals surface area contributed by atoms with Crippen LogP contribution in [0.3, 0.4) is 0 Å². The second-order valence-corrected chi connectivity index (χ2v) is 14.6. The molecule has 2 aliphatic carbocycles. The van der Waals surface area contributed by atoms with Gasteiger partial charge in [-0.05, 0) is 64.2 Å². The Hall–Kier alpha value is -1.85. The largest absolute Gasteiger partial charge is 4.00 e. The summed E-state index contributed by atoms with van der Waals surface area (Å²) in [6, 6.07) is 0. The minimum atomic E-state index is -8.92. The minimum Gasteiger partial charge on any atom is -0.743 e. The average molecular weight is 1180 g/mol. The minimum absolute atomic E-state index is 0. The van der Waals surface area contributed by atoms with Crippen molar-refractivity contribution in [3.8, 4) is 0 Å². The van der Waals surface area contributed by atoms with Crippen molar-refractivity contribution >= 4 is 20.2 Å². The predicted molar refractivity (Wildman–Crippen MR) is 144 cm³/mol. The Morgan fingerprint density at radius 3 is 0.420 bits per heavy atom. The zero-order valence-corrected chi connectivity index (χ0v) is 33.6. The van der Waals surface area contributed by atoms with Gasteiger partial charge in [-0.15, -0.1) is 0 Å². The molecule has 0 aromatic carbocycles. The summed E-state index contributed by atoms with van der Waals surface area (Å²) in [6.07, 6.45) is 4.21. The molecule has 2 rings (SSSR count). The first-order valence-corrected chi connectivity index (χ1v) is 17.5. The summed E-state index contributed by atoms with van der Waals surface area (Å²) in [4.78, 5) is 0. The summed E-state index contributed by atoms with van der Waals surface area (Å²) in [5, 5.41) is -15.9. The molecule has 0 aliphatic heterocycles. The smallest absolute Gasteiger partial charge is 0.743 e. The maximum absolute atomic E-state index is 13.0. The molecular formula is C26H10F34O6S2Ti+2. The van der Waals surface area contributed by atoms with Crippen molar-refractivity contribution in [3.63, 3.8) is 0 Å².